The van der Waals surface area contributed by atoms with Crippen LogP contribution in [0.4, 0.5) is 13.2 Å². The van der Waals surface area contributed by atoms with E-state index in [0.717, 1.165) is 49.0 Å². The number of unbranched alkanes of at least 4 members (excludes halogenated alkanes) is 12. The summed E-state index contributed by atoms with van der Waals surface area (Å²) in [6, 6.07) is 13.5. The van der Waals surface area contributed by atoms with E-state index in [1.165, 1.54) is 75.6 Å². The first kappa shape index (κ1) is 39.5. The first-order valence-corrected chi connectivity index (χ1v) is 17.8. The number of esters is 2. The van der Waals surface area contributed by atoms with E-state index in [1.54, 1.807) is 12.4 Å². The summed E-state index contributed by atoms with van der Waals surface area (Å²) in [5.41, 5.74) is 2.20. The van der Waals surface area contributed by atoms with Crippen LogP contribution in [0.25, 0.3) is 22.5 Å². The average molecular weight is 685 g/mol. The second-order valence-corrected chi connectivity index (χ2v) is 12.3. The number of benzene rings is 2. The van der Waals surface area contributed by atoms with Crippen LogP contribution in [0.2, 0.25) is 0 Å². The maximum atomic E-state index is 13.6. The number of rotatable bonds is 23. The summed E-state index contributed by atoms with van der Waals surface area (Å²) in [6.07, 6.45) is 10.2. The van der Waals surface area contributed by atoms with E-state index in [-0.39, 0.29) is 12.2 Å². The standard InChI is InChI=1S/C39H51F3N2O5/c1-3-5-7-9-11-12-14-16-26-48-36(45)27-35(39(40,41)42)49-38(46)32-19-17-31(18-20-32)37-43-28-33(29-44-37)30-21-23-34(24-22-30)47-25-15-13-10-8-6-4-2/h17-24,28-29,35H,3-16,25-27H2,1-2H3. The molecule has 1 atom stereocenters. The Morgan fingerprint density at radius 2 is 1.16 bits per heavy atom. The largest absolute Gasteiger partial charge is 0.494 e. The van der Waals surface area contributed by atoms with Crippen LogP contribution in [0.3, 0.4) is 0 Å². The molecule has 0 saturated carbocycles. The Kier molecular flexibility index (Phi) is 17.7. The number of halogens is 3. The second-order valence-electron chi connectivity index (χ2n) is 12.3. The lowest BCUT2D eigenvalue weighted by Crippen LogP contribution is -2.36. The second kappa shape index (κ2) is 21.9. The minimum atomic E-state index is -4.93. The summed E-state index contributed by atoms with van der Waals surface area (Å²) in [4.78, 5) is 33.5. The molecule has 0 aliphatic heterocycles. The fourth-order valence-electron chi connectivity index (χ4n) is 5.25. The van der Waals surface area contributed by atoms with Gasteiger partial charge in [0.2, 0.25) is 6.10 Å². The number of carbonyl (C=O) groups is 2. The molecule has 1 aromatic heterocycles. The number of carbonyl (C=O) groups excluding carboxylic acids is 2. The van der Waals surface area contributed by atoms with E-state index < -0.39 is 30.6 Å². The normalized spacial score (nSPS) is 12.0. The van der Waals surface area contributed by atoms with Crippen molar-refractivity contribution in [3.63, 3.8) is 0 Å². The summed E-state index contributed by atoms with van der Waals surface area (Å²) in [5, 5.41) is 0. The van der Waals surface area contributed by atoms with Gasteiger partial charge < -0.3 is 14.2 Å². The van der Waals surface area contributed by atoms with Gasteiger partial charge in [0.1, 0.15) is 5.75 Å². The fourth-order valence-corrected chi connectivity index (χ4v) is 5.25. The van der Waals surface area contributed by atoms with Gasteiger partial charge >= 0.3 is 18.1 Å². The molecule has 1 heterocycles. The molecule has 268 valence electrons. The van der Waals surface area contributed by atoms with Gasteiger partial charge in [0.15, 0.2) is 5.82 Å². The van der Waals surface area contributed by atoms with Crippen LogP contribution in [0.5, 0.6) is 5.75 Å². The Morgan fingerprint density at radius 1 is 0.653 bits per heavy atom. The Balaban J connectivity index is 1.45. The molecule has 0 N–H and O–H groups in total. The molecule has 0 amide bonds. The van der Waals surface area contributed by atoms with Crippen LogP contribution < -0.4 is 4.74 Å². The van der Waals surface area contributed by atoms with Gasteiger partial charge in [0, 0.05) is 23.5 Å². The lowest BCUT2D eigenvalue weighted by molar-refractivity contribution is -0.210. The molecule has 0 saturated heterocycles. The highest BCUT2D eigenvalue weighted by molar-refractivity contribution is 5.90. The minimum absolute atomic E-state index is 0.0391. The maximum Gasteiger partial charge on any atom is 0.426 e. The van der Waals surface area contributed by atoms with Crippen molar-refractivity contribution in [1.82, 2.24) is 9.97 Å². The van der Waals surface area contributed by atoms with Crippen LogP contribution in [0, 0.1) is 0 Å². The Labute approximate surface area is 289 Å². The maximum absolute atomic E-state index is 13.6. The third-order valence-electron chi connectivity index (χ3n) is 8.21. The predicted octanol–water partition coefficient (Wildman–Crippen LogP) is 10.7. The zero-order chi connectivity index (χ0) is 35.3. The molecule has 3 rings (SSSR count). The van der Waals surface area contributed by atoms with E-state index >= 15 is 0 Å². The Hall–Kier alpha value is -3.95. The first-order chi connectivity index (χ1) is 23.7. The zero-order valence-corrected chi connectivity index (χ0v) is 28.9. The summed E-state index contributed by atoms with van der Waals surface area (Å²) in [6.45, 7) is 5.09. The number of hydrogen-bond donors (Lipinski definition) is 0. The minimum Gasteiger partial charge on any atom is -0.494 e. The molecule has 2 aromatic carbocycles. The van der Waals surface area contributed by atoms with Gasteiger partial charge in [0.25, 0.3) is 0 Å². The highest BCUT2D eigenvalue weighted by Gasteiger charge is 2.44. The molecule has 3 aromatic rings. The van der Waals surface area contributed by atoms with Crippen molar-refractivity contribution in [2.75, 3.05) is 13.2 Å². The number of aromatic nitrogens is 2. The van der Waals surface area contributed by atoms with Gasteiger partial charge in [-0.1, -0.05) is 115 Å². The molecular formula is C39H51F3N2O5. The van der Waals surface area contributed by atoms with Crippen molar-refractivity contribution in [2.45, 2.75) is 122 Å². The number of alkyl halides is 3. The van der Waals surface area contributed by atoms with Gasteiger partial charge in [-0.25, -0.2) is 14.8 Å². The number of ether oxygens (including phenoxy) is 3. The molecule has 10 heteroatoms. The van der Waals surface area contributed by atoms with Gasteiger partial charge in [-0.3, -0.25) is 4.79 Å². The summed E-state index contributed by atoms with van der Waals surface area (Å²) in [7, 11) is 0. The third-order valence-corrected chi connectivity index (χ3v) is 8.21. The molecule has 0 fully saturated rings. The third kappa shape index (κ3) is 15.0. The smallest absolute Gasteiger partial charge is 0.426 e. The molecule has 0 aliphatic carbocycles. The van der Waals surface area contributed by atoms with Gasteiger partial charge in [0.05, 0.1) is 25.2 Å². The van der Waals surface area contributed by atoms with Crippen molar-refractivity contribution in [2.24, 2.45) is 0 Å². The molecule has 0 spiro atoms. The topological polar surface area (TPSA) is 87.6 Å². The van der Waals surface area contributed by atoms with Gasteiger partial charge in [-0.15, -0.1) is 0 Å². The van der Waals surface area contributed by atoms with Crippen molar-refractivity contribution in [1.29, 1.82) is 0 Å². The van der Waals surface area contributed by atoms with Crippen LogP contribution in [0.15, 0.2) is 60.9 Å². The number of nitrogens with zero attached hydrogens (tertiary/aromatic N) is 2. The highest BCUT2D eigenvalue weighted by atomic mass is 19.4. The molecule has 1 unspecified atom stereocenters. The Morgan fingerprint density at radius 3 is 1.71 bits per heavy atom. The summed E-state index contributed by atoms with van der Waals surface area (Å²) < 4.78 is 56.5. The first-order valence-electron chi connectivity index (χ1n) is 17.8. The summed E-state index contributed by atoms with van der Waals surface area (Å²) in [5.74, 6) is -1.05. The molecule has 0 bridgehead atoms. The Bertz CT molecular complexity index is 1360. The van der Waals surface area contributed by atoms with Gasteiger partial charge in [-0.05, 0) is 42.7 Å². The van der Waals surface area contributed by atoms with E-state index in [0.29, 0.717) is 24.4 Å². The zero-order valence-electron chi connectivity index (χ0n) is 28.9. The van der Waals surface area contributed by atoms with Crippen LogP contribution >= 0.6 is 0 Å². The van der Waals surface area contributed by atoms with E-state index in [9.17, 15) is 22.8 Å². The lowest BCUT2D eigenvalue weighted by Gasteiger charge is -2.20. The molecular weight excluding hydrogens is 633 g/mol. The monoisotopic (exact) mass is 684 g/mol. The molecule has 0 radical (unpaired) electrons. The van der Waals surface area contributed by atoms with Crippen molar-refractivity contribution in [3.05, 3.63) is 66.5 Å². The highest BCUT2D eigenvalue weighted by Crippen LogP contribution is 2.28. The molecule has 49 heavy (non-hydrogen) atoms. The number of hydrogen-bond acceptors (Lipinski definition) is 7. The van der Waals surface area contributed by atoms with E-state index in [1.807, 2.05) is 24.3 Å². The van der Waals surface area contributed by atoms with E-state index in [4.69, 9.17) is 14.2 Å². The molecule has 7 nitrogen and oxygen atoms in total. The van der Waals surface area contributed by atoms with Gasteiger partial charge in [-0.2, -0.15) is 13.2 Å². The predicted molar refractivity (Wildman–Crippen MR) is 185 cm³/mol. The quantitative estimate of drug-likeness (QED) is 0.0725. The molecule has 0 aliphatic rings. The SMILES string of the molecule is CCCCCCCCCCOC(=O)CC(OC(=O)c1ccc(-c2ncc(-c3ccc(OCCCCCCCC)cc3)cn2)cc1)C(F)(F)F. The lowest BCUT2D eigenvalue weighted by atomic mass is 10.1. The van der Waals surface area contributed by atoms with Crippen LogP contribution in [-0.4, -0.2) is 47.4 Å². The average Bonchev–Trinajstić information content (AvgIpc) is 3.10. The summed E-state index contributed by atoms with van der Waals surface area (Å²) >= 11 is 0. The fraction of sp³-hybridized carbons (Fsp3) is 0.538. The van der Waals surface area contributed by atoms with E-state index in [2.05, 4.69) is 23.8 Å². The van der Waals surface area contributed by atoms with Crippen molar-refractivity contribution < 1.29 is 37.0 Å². The van der Waals surface area contributed by atoms with Crippen molar-refractivity contribution >= 4 is 11.9 Å². The van der Waals surface area contributed by atoms with Crippen LogP contribution in [0.1, 0.15) is 121 Å². The van der Waals surface area contributed by atoms with Crippen LogP contribution in [-0.2, 0) is 14.3 Å². The van der Waals surface area contributed by atoms with Crippen molar-refractivity contribution in [3.8, 4) is 28.3 Å².